The van der Waals surface area contributed by atoms with Gasteiger partial charge in [-0.1, -0.05) is 6.07 Å². The Morgan fingerprint density at radius 1 is 1.18 bits per heavy atom. The molecule has 3 atom stereocenters. The molecule has 8 nitrogen and oxygen atoms in total. The van der Waals surface area contributed by atoms with Gasteiger partial charge in [0, 0.05) is 43.1 Å². The second-order valence-corrected chi connectivity index (χ2v) is 9.59. The van der Waals surface area contributed by atoms with E-state index in [2.05, 4.69) is 4.90 Å². The molecule has 2 heterocycles. The van der Waals surface area contributed by atoms with Gasteiger partial charge in [0.05, 0.1) is 5.60 Å². The second-order valence-electron chi connectivity index (χ2n) is 9.59. The lowest BCUT2D eigenvalue weighted by Gasteiger charge is -2.58. The molecule has 8 heteroatoms. The molecule has 1 aromatic carbocycles. The third-order valence-corrected chi connectivity index (χ3v) is 8.05. The number of likely N-dealkylation sites (N-methyl/N-ethyl adjacent to an activating group) is 1. The third kappa shape index (κ3) is 4.15. The zero-order chi connectivity index (χ0) is 24.6. The number of hydrogen-bond acceptors (Lipinski definition) is 5. The summed E-state index contributed by atoms with van der Waals surface area (Å²) in [4.78, 5) is 44.0. The highest BCUT2D eigenvalue weighted by molar-refractivity contribution is 5.96. The summed E-state index contributed by atoms with van der Waals surface area (Å²) in [6, 6.07) is 4.75. The summed E-state index contributed by atoms with van der Waals surface area (Å²) in [6.07, 6.45) is 1.56. The van der Waals surface area contributed by atoms with Gasteiger partial charge in [0.1, 0.15) is 0 Å². The van der Waals surface area contributed by atoms with Crippen molar-refractivity contribution in [3.8, 4) is 0 Å². The van der Waals surface area contributed by atoms with E-state index in [1.54, 1.807) is 24.0 Å². The first-order valence-corrected chi connectivity index (χ1v) is 11.9. The number of likely N-dealkylation sites (tertiary alicyclic amines) is 1. The minimum absolute atomic E-state index is 0.0120. The van der Waals surface area contributed by atoms with Gasteiger partial charge in [-0.3, -0.25) is 14.5 Å². The maximum Gasteiger partial charge on any atom is 0.326 e. The highest BCUT2D eigenvalue weighted by Crippen LogP contribution is 2.51. The Morgan fingerprint density at radius 2 is 1.88 bits per heavy atom. The van der Waals surface area contributed by atoms with Crippen LogP contribution in [0, 0.1) is 6.92 Å². The van der Waals surface area contributed by atoms with Crippen molar-refractivity contribution in [1.29, 1.82) is 0 Å². The number of amides is 4. The van der Waals surface area contributed by atoms with Gasteiger partial charge >= 0.3 is 6.03 Å². The van der Waals surface area contributed by atoms with Crippen LogP contribution in [0.1, 0.15) is 67.9 Å². The Labute approximate surface area is 196 Å². The standard InChI is InChI=1S/C25H38N4O4/c1-6-28-13-8-11-25(33)18(4)27(5)14-12-24(25,16-21(30)29(7-2)23(28)32)20-15-19(22(26)31)10-9-17(20)3/h9-10,15,18,33H,6-8,11-14,16H2,1-5H3,(H2,26,31)/t18-,24-,25-/m1/s1. The normalized spacial score (nSPS) is 29.7. The number of aliphatic hydroxyl groups is 1. The van der Waals surface area contributed by atoms with Crippen LogP contribution in [0.5, 0.6) is 0 Å². The van der Waals surface area contributed by atoms with Gasteiger partial charge in [0.2, 0.25) is 11.8 Å². The predicted molar refractivity (Wildman–Crippen MR) is 127 cm³/mol. The van der Waals surface area contributed by atoms with Crippen LogP contribution in [-0.2, 0) is 10.2 Å². The summed E-state index contributed by atoms with van der Waals surface area (Å²) < 4.78 is 0. The van der Waals surface area contributed by atoms with Crippen LogP contribution in [-0.4, -0.2) is 82.5 Å². The molecule has 0 unspecified atom stereocenters. The van der Waals surface area contributed by atoms with E-state index < -0.39 is 16.9 Å². The fourth-order valence-corrected chi connectivity index (χ4v) is 5.86. The number of nitrogens with zero attached hydrogens (tertiary/aromatic N) is 3. The number of rotatable bonds is 4. The van der Waals surface area contributed by atoms with Crippen molar-refractivity contribution in [3.05, 3.63) is 34.9 Å². The van der Waals surface area contributed by atoms with E-state index in [0.29, 0.717) is 44.5 Å². The summed E-state index contributed by atoms with van der Waals surface area (Å²) in [7, 11) is 1.99. The predicted octanol–water partition coefficient (Wildman–Crippen LogP) is 2.26. The zero-order valence-corrected chi connectivity index (χ0v) is 20.6. The van der Waals surface area contributed by atoms with E-state index in [1.807, 2.05) is 33.9 Å². The highest BCUT2D eigenvalue weighted by Gasteiger charge is 2.59. The minimum Gasteiger partial charge on any atom is -0.387 e. The van der Waals surface area contributed by atoms with E-state index in [4.69, 9.17) is 5.73 Å². The number of piperidine rings is 1. The number of carbonyl (C=O) groups excluding carboxylic acids is 3. The zero-order valence-electron chi connectivity index (χ0n) is 20.6. The van der Waals surface area contributed by atoms with E-state index >= 15 is 0 Å². The van der Waals surface area contributed by atoms with Gasteiger partial charge in [-0.25, -0.2) is 4.79 Å². The molecule has 2 saturated heterocycles. The molecule has 3 rings (SSSR count). The van der Waals surface area contributed by atoms with Gasteiger partial charge in [-0.15, -0.1) is 0 Å². The molecule has 33 heavy (non-hydrogen) atoms. The van der Waals surface area contributed by atoms with Crippen molar-refractivity contribution in [2.45, 2.75) is 70.4 Å². The average molecular weight is 459 g/mol. The summed E-state index contributed by atoms with van der Waals surface area (Å²) in [5.41, 5.74) is 5.42. The van der Waals surface area contributed by atoms with Crippen molar-refractivity contribution < 1.29 is 19.5 Å². The lowest BCUT2D eigenvalue weighted by molar-refractivity contribution is -0.153. The Kier molecular flexibility index (Phi) is 7.19. The lowest BCUT2D eigenvalue weighted by Crippen LogP contribution is -2.68. The van der Waals surface area contributed by atoms with Crippen LogP contribution in [0.25, 0.3) is 0 Å². The molecular weight excluding hydrogens is 420 g/mol. The van der Waals surface area contributed by atoms with Crippen molar-refractivity contribution in [3.63, 3.8) is 0 Å². The number of carbonyl (C=O) groups is 3. The van der Waals surface area contributed by atoms with Crippen LogP contribution in [0.15, 0.2) is 18.2 Å². The number of primary amides is 1. The molecule has 0 aromatic heterocycles. The molecule has 182 valence electrons. The molecule has 4 amide bonds. The summed E-state index contributed by atoms with van der Waals surface area (Å²) in [6.45, 7) is 9.54. The quantitative estimate of drug-likeness (QED) is 0.720. The first kappa shape index (κ1) is 25.2. The maximum atomic E-state index is 13.7. The van der Waals surface area contributed by atoms with Gasteiger partial charge in [-0.05, 0) is 83.8 Å². The molecule has 0 bridgehead atoms. The Morgan fingerprint density at radius 3 is 2.48 bits per heavy atom. The second kappa shape index (κ2) is 9.43. The van der Waals surface area contributed by atoms with Gasteiger partial charge in [0.15, 0.2) is 0 Å². The van der Waals surface area contributed by atoms with Crippen molar-refractivity contribution >= 4 is 17.8 Å². The summed E-state index contributed by atoms with van der Waals surface area (Å²) in [5.74, 6) is -0.853. The average Bonchev–Trinajstić information content (AvgIpc) is 2.77. The molecule has 1 aromatic rings. The maximum absolute atomic E-state index is 13.7. The Hall–Kier alpha value is -2.45. The van der Waals surface area contributed by atoms with Crippen LogP contribution >= 0.6 is 0 Å². The van der Waals surface area contributed by atoms with Crippen LogP contribution in [0.2, 0.25) is 0 Å². The van der Waals surface area contributed by atoms with Crippen LogP contribution in [0.4, 0.5) is 4.79 Å². The number of fused-ring (bicyclic) bond motifs is 1. The summed E-state index contributed by atoms with van der Waals surface area (Å²) in [5, 5.41) is 12.5. The molecule has 0 radical (unpaired) electrons. The van der Waals surface area contributed by atoms with E-state index in [1.165, 1.54) is 4.90 Å². The SMILES string of the molecule is CCN1CCC[C@@]2(O)[C@@H](C)N(C)CC[C@]2(c2cc(C(N)=O)ccc2C)CC(=O)N(CC)C1=O. The van der Waals surface area contributed by atoms with Crippen LogP contribution in [0.3, 0.4) is 0 Å². The number of benzene rings is 1. The third-order valence-electron chi connectivity index (χ3n) is 8.05. The fourth-order valence-electron chi connectivity index (χ4n) is 5.86. The number of aryl methyl sites for hydroxylation is 1. The Bertz CT molecular complexity index is 935. The van der Waals surface area contributed by atoms with Crippen molar-refractivity contribution in [2.24, 2.45) is 5.73 Å². The van der Waals surface area contributed by atoms with E-state index in [0.717, 1.165) is 11.1 Å². The van der Waals surface area contributed by atoms with Gasteiger partial charge in [0.25, 0.3) is 0 Å². The molecule has 3 N–H and O–H groups in total. The Balaban J connectivity index is 2.26. The van der Waals surface area contributed by atoms with Gasteiger partial charge < -0.3 is 20.6 Å². The molecule has 2 aliphatic heterocycles. The highest BCUT2D eigenvalue weighted by atomic mass is 16.3. The fraction of sp³-hybridized carbons (Fsp3) is 0.640. The van der Waals surface area contributed by atoms with Gasteiger partial charge in [-0.2, -0.15) is 0 Å². The topological polar surface area (TPSA) is 107 Å². The number of urea groups is 1. The smallest absolute Gasteiger partial charge is 0.326 e. The van der Waals surface area contributed by atoms with Crippen molar-refractivity contribution in [1.82, 2.24) is 14.7 Å². The van der Waals surface area contributed by atoms with E-state index in [-0.39, 0.29) is 30.9 Å². The number of hydrogen-bond donors (Lipinski definition) is 2. The first-order chi connectivity index (χ1) is 15.5. The summed E-state index contributed by atoms with van der Waals surface area (Å²) >= 11 is 0. The van der Waals surface area contributed by atoms with Crippen molar-refractivity contribution in [2.75, 3.05) is 33.2 Å². The monoisotopic (exact) mass is 458 g/mol. The number of imide groups is 1. The largest absolute Gasteiger partial charge is 0.387 e. The number of nitrogens with two attached hydrogens (primary N) is 1. The lowest BCUT2D eigenvalue weighted by atomic mass is 9.56. The van der Waals surface area contributed by atoms with Crippen LogP contribution < -0.4 is 5.73 Å². The molecule has 0 aliphatic carbocycles. The van der Waals surface area contributed by atoms with E-state index in [9.17, 15) is 19.5 Å². The molecule has 0 spiro atoms. The first-order valence-electron chi connectivity index (χ1n) is 11.9. The molecule has 2 aliphatic rings. The minimum atomic E-state index is -1.24. The molecular formula is C25H38N4O4. The molecule has 2 fully saturated rings. The molecule has 0 saturated carbocycles.